The van der Waals surface area contributed by atoms with Crippen LogP contribution in [0.2, 0.25) is 0 Å². The van der Waals surface area contributed by atoms with Crippen molar-refractivity contribution in [3.63, 3.8) is 0 Å². The van der Waals surface area contributed by atoms with Crippen molar-refractivity contribution in [2.75, 3.05) is 0 Å². The number of carbonyl (C=O) groups is 2. The Morgan fingerprint density at radius 2 is 2.32 bits per heavy atom. The highest BCUT2D eigenvalue weighted by molar-refractivity contribution is 6.29. The molecule has 5 heteroatoms. The van der Waals surface area contributed by atoms with Gasteiger partial charge >= 0.3 is 11.9 Å². The summed E-state index contributed by atoms with van der Waals surface area (Å²) < 4.78 is 10.8. The molecule has 0 aromatic carbocycles. The molecule has 4 rings (SSSR count). The van der Waals surface area contributed by atoms with Crippen LogP contribution >= 0.6 is 11.6 Å². The monoisotopic (exact) mass is 282 g/mol. The minimum Gasteiger partial charge on any atom is -0.456 e. The highest BCUT2D eigenvalue weighted by Crippen LogP contribution is 2.61. The molecule has 0 radical (unpaired) electrons. The van der Waals surface area contributed by atoms with Gasteiger partial charge in [-0.2, -0.15) is 0 Å². The van der Waals surface area contributed by atoms with Gasteiger partial charge in [0.15, 0.2) is 6.10 Å². The maximum Gasteiger partial charge on any atom is 0.333 e. The smallest absolute Gasteiger partial charge is 0.333 e. The van der Waals surface area contributed by atoms with E-state index in [-0.39, 0.29) is 11.9 Å². The van der Waals surface area contributed by atoms with Gasteiger partial charge in [-0.25, -0.2) is 4.79 Å². The quantitative estimate of drug-likeness (QED) is 0.336. The van der Waals surface area contributed by atoms with E-state index < -0.39 is 28.5 Å². The zero-order chi connectivity index (χ0) is 14.0. The second-order valence-corrected chi connectivity index (χ2v) is 6.43. The van der Waals surface area contributed by atoms with E-state index in [2.05, 4.69) is 6.58 Å². The Labute approximate surface area is 116 Å². The molecule has 1 saturated heterocycles. The lowest BCUT2D eigenvalue weighted by molar-refractivity contribution is -0.161. The van der Waals surface area contributed by atoms with Crippen LogP contribution in [0.15, 0.2) is 24.3 Å². The number of hydrogen-bond donors (Lipinski definition) is 0. The summed E-state index contributed by atoms with van der Waals surface area (Å²) in [5, 5.41) is 0. The second-order valence-electron chi connectivity index (χ2n) is 5.80. The molecule has 1 aliphatic heterocycles. The molecule has 2 fully saturated rings. The van der Waals surface area contributed by atoms with Crippen LogP contribution in [0.1, 0.15) is 20.3 Å². The molecule has 0 aromatic rings. The normalized spacial score (nSPS) is 46.1. The highest BCUT2D eigenvalue weighted by Gasteiger charge is 2.72. The average Bonchev–Trinajstić information content (AvgIpc) is 2.47. The fourth-order valence-electron chi connectivity index (χ4n) is 3.25. The third-order valence-electron chi connectivity index (χ3n) is 4.49. The molecule has 5 unspecified atom stereocenters. The molecule has 1 heterocycles. The summed E-state index contributed by atoms with van der Waals surface area (Å²) in [6, 6.07) is 0. The summed E-state index contributed by atoms with van der Waals surface area (Å²) in [5.74, 6) is -0.822. The summed E-state index contributed by atoms with van der Waals surface area (Å²) >= 11 is 6.61. The molecule has 0 spiro atoms. The van der Waals surface area contributed by atoms with E-state index >= 15 is 0 Å². The van der Waals surface area contributed by atoms with Gasteiger partial charge in [-0.1, -0.05) is 18.7 Å². The lowest BCUT2D eigenvalue weighted by Gasteiger charge is -2.49. The Morgan fingerprint density at radius 1 is 1.63 bits per heavy atom. The van der Waals surface area contributed by atoms with Crippen molar-refractivity contribution >= 4 is 23.5 Å². The first-order chi connectivity index (χ1) is 8.79. The first-order valence-corrected chi connectivity index (χ1v) is 6.63. The molecule has 0 N–H and O–H groups in total. The van der Waals surface area contributed by atoms with Gasteiger partial charge in [0.25, 0.3) is 0 Å². The van der Waals surface area contributed by atoms with Crippen LogP contribution in [0.5, 0.6) is 0 Å². The van der Waals surface area contributed by atoms with Gasteiger partial charge in [0.2, 0.25) is 0 Å². The SMILES string of the molecule is C=C(C)C(=O)OC1C2C=CC3(Cl)C1OC(=O)C3(C)C2. The third kappa shape index (κ3) is 1.41. The Balaban J connectivity index is 1.96. The van der Waals surface area contributed by atoms with E-state index in [0.717, 1.165) is 0 Å². The van der Waals surface area contributed by atoms with Crippen molar-refractivity contribution in [3.05, 3.63) is 24.3 Å². The first kappa shape index (κ1) is 12.7. The summed E-state index contributed by atoms with van der Waals surface area (Å²) in [7, 11) is 0. The Bertz CT molecular complexity index is 526. The van der Waals surface area contributed by atoms with Gasteiger partial charge in [-0.15, -0.1) is 11.6 Å². The van der Waals surface area contributed by atoms with Crippen molar-refractivity contribution in [3.8, 4) is 0 Å². The summed E-state index contributed by atoms with van der Waals surface area (Å²) in [6.07, 6.45) is 3.15. The van der Waals surface area contributed by atoms with Gasteiger partial charge < -0.3 is 9.47 Å². The van der Waals surface area contributed by atoms with Crippen LogP contribution in [0.25, 0.3) is 0 Å². The van der Waals surface area contributed by atoms with Crippen LogP contribution in [0.4, 0.5) is 0 Å². The number of rotatable bonds is 2. The number of halogens is 1. The molecule has 5 atom stereocenters. The van der Waals surface area contributed by atoms with Crippen LogP contribution < -0.4 is 0 Å². The van der Waals surface area contributed by atoms with Crippen LogP contribution in [-0.4, -0.2) is 29.0 Å². The van der Waals surface area contributed by atoms with Crippen molar-refractivity contribution < 1.29 is 19.1 Å². The Kier molecular flexibility index (Phi) is 2.43. The lowest BCUT2D eigenvalue weighted by atomic mass is 9.59. The van der Waals surface area contributed by atoms with Crippen LogP contribution in [-0.2, 0) is 19.1 Å². The molecule has 4 nitrogen and oxygen atoms in total. The number of ether oxygens (including phenoxy) is 2. The number of alkyl halides is 1. The van der Waals surface area contributed by atoms with Crippen LogP contribution in [0, 0.1) is 11.3 Å². The Morgan fingerprint density at radius 3 is 2.95 bits per heavy atom. The zero-order valence-corrected chi connectivity index (χ0v) is 11.6. The lowest BCUT2D eigenvalue weighted by Crippen LogP contribution is -2.60. The maximum absolute atomic E-state index is 12.0. The molecule has 0 aromatic heterocycles. The third-order valence-corrected chi connectivity index (χ3v) is 5.24. The van der Waals surface area contributed by atoms with E-state index in [0.29, 0.717) is 12.0 Å². The van der Waals surface area contributed by atoms with Gasteiger partial charge in [-0.3, -0.25) is 4.79 Å². The number of hydrogen-bond acceptors (Lipinski definition) is 4. The minimum absolute atomic E-state index is 0.0367. The molecule has 4 bridgehead atoms. The topological polar surface area (TPSA) is 52.6 Å². The zero-order valence-electron chi connectivity index (χ0n) is 10.8. The molecule has 19 heavy (non-hydrogen) atoms. The average molecular weight is 283 g/mol. The molecule has 3 aliphatic carbocycles. The predicted molar refractivity (Wildman–Crippen MR) is 68.5 cm³/mol. The van der Waals surface area contributed by atoms with Gasteiger partial charge in [0.05, 0.1) is 5.41 Å². The molecule has 4 aliphatic rings. The van der Waals surface area contributed by atoms with E-state index in [9.17, 15) is 9.59 Å². The van der Waals surface area contributed by atoms with E-state index in [1.165, 1.54) is 0 Å². The standard InChI is InChI=1S/C14H15ClO4/c1-7(2)11(16)18-9-8-4-5-14(15)10(9)19-12(17)13(14,3)6-8/h4-5,8-10H,1,6H2,2-3H3. The van der Waals surface area contributed by atoms with Crippen molar-refractivity contribution in [1.29, 1.82) is 0 Å². The summed E-state index contributed by atoms with van der Waals surface area (Å²) in [6.45, 7) is 6.96. The van der Waals surface area contributed by atoms with Crippen molar-refractivity contribution in [2.24, 2.45) is 11.3 Å². The highest BCUT2D eigenvalue weighted by atomic mass is 35.5. The predicted octanol–water partition coefficient (Wildman–Crippen LogP) is 1.97. The van der Waals surface area contributed by atoms with Gasteiger partial charge in [0, 0.05) is 11.5 Å². The summed E-state index contributed by atoms with van der Waals surface area (Å²) in [4.78, 5) is 22.8. The van der Waals surface area contributed by atoms with Crippen molar-refractivity contribution in [1.82, 2.24) is 0 Å². The van der Waals surface area contributed by atoms with Gasteiger partial charge in [0.1, 0.15) is 11.0 Å². The molecule has 0 amide bonds. The van der Waals surface area contributed by atoms with E-state index in [4.69, 9.17) is 21.1 Å². The maximum atomic E-state index is 12.0. The first-order valence-electron chi connectivity index (χ1n) is 6.25. The number of esters is 2. The summed E-state index contributed by atoms with van der Waals surface area (Å²) in [5.41, 5.74) is -0.411. The van der Waals surface area contributed by atoms with E-state index in [1.807, 2.05) is 19.1 Å². The molecular weight excluding hydrogens is 268 g/mol. The van der Waals surface area contributed by atoms with Crippen LogP contribution in [0.3, 0.4) is 0 Å². The fourth-order valence-corrected chi connectivity index (χ4v) is 3.65. The minimum atomic E-state index is -0.918. The molecule has 1 saturated carbocycles. The van der Waals surface area contributed by atoms with Crippen molar-refractivity contribution in [2.45, 2.75) is 37.4 Å². The molecule has 102 valence electrons. The Hall–Kier alpha value is -1.29. The largest absolute Gasteiger partial charge is 0.456 e. The fraction of sp³-hybridized carbons (Fsp3) is 0.571. The van der Waals surface area contributed by atoms with Gasteiger partial charge in [-0.05, 0) is 20.3 Å². The number of carbonyl (C=O) groups excluding carboxylic acids is 2. The second kappa shape index (κ2) is 3.63. The molecular formula is C14H15ClO4. The van der Waals surface area contributed by atoms with E-state index in [1.54, 1.807) is 6.92 Å².